The minimum Gasteiger partial charge on any atom is -0.291 e. The normalized spacial score (nSPS) is 13.6. The highest BCUT2D eigenvalue weighted by molar-refractivity contribution is 5.54. The van der Waals surface area contributed by atoms with Gasteiger partial charge in [0.05, 0.1) is 0 Å². The molecule has 0 fully saturated rings. The van der Waals surface area contributed by atoms with Gasteiger partial charge >= 0.3 is 0 Å². The standard InChI is InChI=1S/C10H17O/c1-3-5-6-7-8-10(4-2)9-11/h5-6,10H,3-4,7-8H2,1-2H3/b6-5+. The quantitative estimate of drug-likeness (QED) is 0.536. The van der Waals surface area contributed by atoms with Crippen LogP contribution in [0.1, 0.15) is 39.5 Å². The largest absolute Gasteiger partial charge is 0.291 e. The van der Waals surface area contributed by atoms with Crippen LogP contribution >= 0.6 is 0 Å². The van der Waals surface area contributed by atoms with Gasteiger partial charge in [-0.15, -0.1) is 0 Å². The van der Waals surface area contributed by atoms with Crippen molar-refractivity contribution in [3.63, 3.8) is 0 Å². The first kappa shape index (κ1) is 10.4. The van der Waals surface area contributed by atoms with Crippen LogP contribution in [0.5, 0.6) is 0 Å². The smallest absolute Gasteiger partial charge is 0.201 e. The van der Waals surface area contributed by atoms with Crippen LogP contribution < -0.4 is 0 Å². The van der Waals surface area contributed by atoms with Crippen molar-refractivity contribution < 1.29 is 4.79 Å². The van der Waals surface area contributed by atoms with Crippen molar-refractivity contribution in [2.75, 3.05) is 0 Å². The minimum atomic E-state index is 0.150. The van der Waals surface area contributed by atoms with Crippen LogP contribution in [-0.2, 0) is 4.79 Å². The second-order valence-electron chi connectivity index (χ2n) is 2.68. The van der Waals surface area contributed by atoms with Crippen molar-refractivity contribution in [1.82, 2.24) is 0 Å². The van der Waals surface area contributed by atoms with Crippen LogP contribution in [-0.4, -0.2) is 6.29 Å². The van der Waals surface area contributed by atoms with Gasteiger partial charge in [-0.3, -0.25) is 4.79 Å². The molecule has 1 radical (unpaired) electrons. The highest BCUT2D eigenvalue weighted by Crippen LogP contribution is 2.07. The molecule has 0 aliphatic rings. The molecular weight excluding hydrogens is 136 g/mol. The summed E-state index contributed by atoms with van der Waals surface area (Å²) in [6, 6.07) is 0. The maximum absolute atomic E-state index is 10.3. The molecule has 0 heterocycles. The third-order valence-electron chi connectivity index (χ3n) is 1.74. The molecule has 0 rings (SSSR count). The summed E-state index contributed by atoms with van der Waals surface area (Å²) in [7, 11) is 0. The van der Waals surface area contributed by atoms with E-state index in [2.05, 4.69) is 19.1 Å². The molecule has 0 aromatic carbocycles. The first-order chi connectivity index (χ1) is 5.35. The summed E-state index contributed by atoms with van der Waals surface area (Å²) in [6.07, 6.45) is 10.3. The first-order valence-electron chi connectivity index (χ1n) is 4.37. The highest BCUT2D eigenvalue weighted by atomic mass is 16.1. The molecule has 0 saturated heterocycles. The highest BCUT2D eigenvalue weighted by Gasteiger charge is 2.02. The molecule has 0 N–H and O–H groups in total. The average molecular weight is 153 g/mol. The minimum absolute atomic E-state index is 0.150. The van der Waals surface area contributed by atoms with Gasteiger partial charge < -0.3 is 0 Å². The zero-order chi connectivity index (χ0) is 8.53. The number of hydrogen-bond donors (Lipinski definition) is 0. The molecule has 0 aliphatic carbocycles. The van der Waals surface area contributed by atoms with Crippen molar-refractivity contribution in [1.29, 1.82) is 0 Å². The predicted octanol–water partition coefficient (Wildman–Crippen LogP) is 2.87. The van der Waals surface area contributed by atoms with Gasteiger partial charge in [0.15, 0.2) is 0 Å². The number of carbonyl (C=O) groups excluding carboxylic acids is 1. The van der Waals surface area contributed by atoms with Crippen LogP contribution in [0.4, 0.5) is 0 Å². The predicted molar refractivity (Wildman–Crippen MR) is 48.1 cm³/mol. The topological polar surface area (TPSA) is 17.1 Å². The average Bonchev–Trinajstić information content (AvgIpc) is 2.05. The lowest BCUT2D eigenvalue weighted by atomic mass is 10.0. The molecule has 0 aliphatic heterocycles. The van der Waals surface area contributed by atoms with E-state index in [1.165, 1.54) is 0 Å². The third kappa shape index (κ3) is 5.84. The summed E-state index contributed by atoms with van der Waals surface area (Å²) in [5, 5.41) is 0. The van der Waals surface area contributed by atoms with Crippen LogP contribution in [0.3, 0.4) is 0 Å². The van der Waals surface area contributed by atoms with Gasteiger partial charge in [-0.25, -0.2) is 0 Å². The van der Waals surface area contributed by atoms with E-state index < -0.39 is 0 Å². The molecular formula is C10H17O. The Kier molecular flexibility index (Phi) is 7.11. The fraction of sp³-hybridized carbons (Fsp3) is 0.700. The van der Waals surface area contributed by atoms with Crippen LogP contribution in [0.2, 0.25) is 0 Å². The van der Waals surface area contributed by atoms with E-state index in [0.717, 1.165) is 25.7 Å². The number of rotatable bonds is 6. The third-order valence-corrected chi connectivity index (χ3v) is 1.74. The molecule has 1 heteroatoms. The molecule has 0 amide bonds. The van der Waals surface area contributed by atoms with E-state index in [1.807, 2.05) is 13.2 Å². The molecule has 11 heavy (non-hydrogen) atoms. The monoisotopic (exact) mass is 153 g/mol. The van der Waals surface area contributed by atoms with Gasteiger partial charge in [-0.2, -0.15) is 0 Å². The number of hydrogen-bond acceptors (Lipinski definition) is 1. The van der Waals surface area contributed by atoms with Gasteiger partial charge in [0, 0.05) is 5.92 Å². The molecule has 1 nitrogen and oxygen atoms in total. The van der Waals surface area contributed by atoms with E-state index in [0.29, 0.717) is 0 Å². The Morgan fingerprint density at radius 1 is 1.36 bits per heavy atom. The maximum Gasteiger partial charge on any atom is 0.201 e. The second-order valence-corrected chi connectivity index (χ2v) is 2.68. The molecule has 0 aromatic rings. The lowest BCUT2D eigenvalue weighted by Gasteiger charge is -2.01. The van der Waals surface area contributed by atoms with Gasteiger partial charge in [0.25, 0.3) is 0 Å². The fourth-order valence-electron chi connectivity index (χ4n) is 0.928. The molecule has 0 spiro atoms. The van der Waals surface area contributed by atoms with Gasteiger partial charge in [-0.05, 0) is 25.7 Å². The lowest BCUT2D eigenvalue weighted by Crippen LogP contribution is -1.98. The second kappa shape index (κ2) is 7.52. The summed E-state index contributed by atoms with van der Waals surface area (Å²) < 4.78 is 0. The van der Waals surface area contributed by atoms with Crippen molar-refractivity contribution in [3.05, 3.63) is 12.2 Å². The Labute approximate surface area is 69.5 Å². The molecule has 1 unspecified atom stereocenters. The fourth-order valence-corrected chi connectivity index (χ4v) is 0.928. The van der Waals surface area contributed by atoms with E-state index in [-0.39, 0.29) is 5.92 Å². The van der Waals surface area contributed by atoms with Gasteiger partial charge in [0.1, 0.15) is 0 Å². The Morgan fingerprint density at radius 2 is 2.09 bits per heavy atom. The van der Waals surface area contributed by atoms with Crippen LogP contribution in [0, 0.1) is 5.92 Å². The Morgan fingerprint density at radius 3 is 2.55 bits per heavy atom. The zero-order valence-corrected chi connectivity index (χ0v) is 7.47. The van der Waals surface area contributed by atoms with Gasteiger partial charge in [-0.1, -0.05) is 26.0 Å². The van der Waals surface area contributed by atoms with Crippen molar-refractivity contribution in [2.45, 2.75) is 39.5 Å². The Hall–Kier alpha value is -0.590. The van der Waals surface area contributed by atoms with Gasteiger partial charge in [0.2, 0.25) is 6.29 Å². The molecule has 63 valence electrons. The van der Waals surface area contributed by atoms with Crippen LogP contribution in [0.25, 0.3) is 0 Å². The lowest BCUT2D eigenvalue weighted by molar-refractivity contribution is 0.501. The molecule has 1 atom stereocenters. The summed E-state index contributed by atoms with van der Waals surface area (Å²) >= 11 is 0. The van der Waals surface area contributed by atoms with Crippen LogP contribution in [0.15, 0.2) is 12.2 Å². The maximum atomic E-state index is 10.3. The van der Waals surface area contributed by atoms with E-state index in [1.54, 1.807) is 0 Å². The van der Waals surface area contributed by atoms with E-state index in [4.69, 9.17) is 0 Å². The van der Waals surface area contributed by atoms with Crippen molar-refractivity contribution in [3.8, 4) is 0 Å². The van der Waals surface area contributed by atoms with Crippen molar-refractivity contribution in [2.24, 2.45) is 5.92 Å². The molecule has 0 bridgehead atoms. The van der Waals surface area contributed by atoms with E-state index >= 15 is 0 Å². The zero-order valence-electron chi connectivity index (χ0n) is 7.47. The Bertz CT molecular complexity index is 116. The summed E-state index contributed by atoms with van der Waals surface area (Å²) in [5.41, 5.74) is 0. The Balaban J connectivity index is 3.35. The molecule has 0 saturated carbocycles. The summed E-state index contributed by atoms with van der Waals surface area (Å²) in [5.74, 6) is 0.150. The molecule has 0 aromatic heterocycles. The first-order valence-corrected chi connectivity index (χ1v) is 4.37. The summed E-state index contributed by atoms with van der Waals surface area (Å²) in [4.78, 5) is 10.3. The van der Waals surface area contributed by atoms with E-state index in [9.17, 15) is 4.79 Å². The summed E-state index contributed by atoms with van der Waals surface area (Å²) in [6.45, 7) is 4.14. The number of allylic oxidation sites excluding steroid dienone is 2. The SMILES string of the molecule is CC/C=C/CCC([C]=O)CC. The van der Waals surface area contributed by atoms with Crippen molar-refractivity contribution >= 4 is 6.29 Å².